The van der Waals surface area contributed by atoms with Crippen LogP contribution in [0.25, 0.3) is 16.9 Å². The third-order valence-electron chi connectivity index (χ3n) is 4.34. The number of benzene rings is 1. The summed E-state index contributed by atoms with van der Waals surface area (Å²) in [4.78, 5) is 27.8. The normalized spacial score (nSPS) is 11.5. The molecule has 2 heterocycles. The number of aryl methyl sites for hydroxylation is 1. The average Bonchev–Trinajstić information content (AvgIpc) is 3.06. The monoisotopic (exact) mass is 396 g/mol. The predicted octanol–water partition coefficient (Wildman–Crippen LogP) is 2.24. The maximum atomic E-state index is 12.9. The van der Waals surface area contributed by atoms with Crippen LogP contribution in [0.15, 0.2) is 53.2 Å². The Labute approximate surface area is 166 Å². The molecule has 1 aromatic carbocycles. The Morgan fingerprint density at radius 3 is 2.62 bits per heavy atom. The van der Waals surface area contributed by atoms with Gasteiger partial charge in [0.2, 0.25) is 5.91 Å². The van der Waals surface area contributed by atoms with Crippen LogP contribution in [0.4, 0.5) is 10.1 Å². The second-order valence-electron chi connectivity index (χ2n) is 6.55. The van der Waals surface area contributed by atoms with Crippen LogP contribution in [0.2, 0.25) is 0 Å². The van der Waals surface area contributed by atoms with E-state index < -0.39 is 5.69 Å². The fourth-order valence-corrected chi connectivity index (χ4v) is 2.93. The first-order chi connectivity index (χ1) is 13.9. The average molecular weight is 396 g/mol. The second-order valence-corrected chi connectivity index (χ2v) is 6.55. The second kappa shape index (κ2) is 8.61. The molecule has 0 fully saturated rings. The number of nitrogens with two attached hydrogens (primary N) is 1. The van der Waals surface area contributed by atoms with E-state index in [9.17, 15) is 14.0 Å². The Balaban J connectivity index is 1.94. The number of anilines is 1. The molecule has 0 saturated carbocycles. The number of hydrogen-bond acceptors (Lipinski definition) is 5. The number of H-pyrrole nitrogens is 1. The van der Waals surface area contributed by atoms with Crippen molar-refractivity contribution in [2.75, 3.05) is 11.9 Å². The van der Waals surface area contributed by atoms with Gasteiger partial charge in [0.15, 0.2) is 0 Å². The van der Waals surface area contributed by atoms with Crippen molar-refractivity contribution in [1.82, 2.24) is 19.7 Å². The number of amides is 1. The molecule has 3 aromatic rings. The molecule has 150 valence electrons. The third-order valence-corrected chi connectivity index (χ3v) is 4.34. The smallest absolute Gasteiger partial charge is 0.327 e. The van der Waals surface area contributed by atoms with Crippen LogP contribution >= 0.6 is 0 Å². The molecule has 8 nitrogen and oxygen atoms in total. The highest BCUT2D eigenvalue weighted by atomic mass is 19.1. The third kappa shape index (κ3) is 4.46. The van der Waals surface area contributed by atoms with E-state index in [4.69, 9.17) is 5.73 Å². The summed E-state index contributed by atoms with van der Waals surface area (Å²) in [5, 5.41) is 9.06. The summed E-state index contributed by atoms with van der Waals surface area (Å²) >= 11 is 0. The Bertz CT molecular complexity index is 1110. The number of nitrogens with zero attached hydrogens (tertiary/aromatic N) is 3. The number of pyridine rings is 1. The van der Waals surface area contributed by atoms with Gasteiger partial charge < -0.3 is 11.1 Å². The minimum Gasteiger partial charge on any atom is -0.327 e. The van der Waals surface area contributed by atoms with E-state index in [0.717, 1.165) is 16.7 Å². The maximum Gasteiger partial charge on any atom is 0.349 e. The highest BCUT2D eigenvalue weighted by molar-refractivity contribution is 5.89. The number of hydrogen-bond donors (Lipinski definition) is 3. The molecule has 2 aromatic heterocycles. The van der Waals surface area contributed by atoms with E-state index in [1.54, 1.807) is 18.3 Å². The van der Waals surface area contributed by atoms with Crippen molar-refractivity contribution in [3.63, 3.8) is 0 Å². The Morgan fingerprint density at radius 2 is 2.03 bits per heavy atom. The maximum absolute atomic E-state index is 12.9. The zero-order valence-electron chi connectivity index (χ0n) is 16.1. The van der Waals surface area contributed by atoms with Crippen LogP contribution in [0.3, 0.4) is 0 Å². The summed E-state index contributed by atoms with van der Waals surface area (Å²) < 4.78 is 14.2. The number of carbonyl (C=O) groups excluding carboxylic acids is 1. The van der Waals surface area contributed by atoms with Crippen molar-refractivity contribution < 1.29 is 9.18 Å². The lowest BCUT2D eigenvalue weighted by Gasteiger charge is -2.11. The standard InChI is InChI=1S/C20H21FN6O2/c1-12-7-16(15-3-5-17(6-4-15)24-13(2)28)11-23-19(12)27-18(25-26-20(27)29)8-14(9-21)10-22/h3-7,9,11H,8,10,22H2,1-2H3,(H,24,28)(H,26,29)/b14-9+. The number of rotatable bonds is 6. The number of halogens is 1. The lowest BCUT2D eigenvalue weighted by molar-refractivity contribution is -0.114. The van der Waals surface area contributed by atoms with Gasteiger partial charge in [-0.2, -0.15) is 5.10 Å². The van der Waals surface area contributed by atoms with Gasteiger partial charge >= 0.3 is 5.69 Å². The quantitative estimate of drug-likeness (QED) is 0.590. The molecule has 0 radical (unpaired) electrons. The summed E-state index contributed by atoms with van der Waals surface area (Å²) in [7, 11) is 0. The van der Waals surface area contributed by atoms with Crippen molar-refractivity contribution in [2.24, 2.45) is 5.73 Å². The van der Waals surface area contributed by atoms with E-state index in [0.29, 0.717) is 29.2 Å². The largest absolute Gasteiger partial charge is 0.349 e. The molecule has 0 aliphatic carbocycles. The van der Waals surface area contributed by atoms with Gasteiger partial charge in [-0.25, -0.2) is 23.8 Å². The fraction of sp³-hybridized carbons (Fsp3) is 0.200. The summed E-state index contributed by atoms with van der Waals surface area (Å²) in [6.07, 6.45) is 2.17. The zero-order valence-corrected chi connectivity index (χ0v) is 16.1. The number of aromatic nitrogens is 4. The van der Waals surface area contributed by atoms with Crippen molar-refractivity contribution in [3.8, 4) is 16.9 Å². The van der Waals surface area contributed by atoms with Crippen LogP contribution in [0.1, 0.15) is 18.3 Å². The van der Waals surface area contributed by atoms with Gasteiger partial charge in [-0.1, -0.05) is 12.1 Å². The molecule has 0 aliphatic rings. The van der Waals surface area contributed by atoms with Gasteiger partial charge in [0.05, 0.1) is 6.33 Å². The first kappa shape index (κ1) is 20.2. The lowest BCUT2D eigenvalue weighted by Crippen LogP contribution is -2.20. The number of nitrogens with one attached hydrogen (secondary N) is 2. The first-order valence-corrected chi connectivity index (χ1v) is 8.92. The van der Waals surface area contributed by atoms with Crippen molar-refractivity contribution in [1.29, 1.82) is 0 Å². The van der Waals surface area contributed by atoms with Crippen LogP contribution in [0.5, 0.6) is 0 Å². The highest BCUT2D eigenvalue weighted by Crippen LogP contribution is 2.24. The van der Waals surface area contributed by atoms with Gasteiger partial charge in [0, 0.05) is 37.3 Å². The van der Waals surface area contributed by atoms with E-state index in [1.807, 2.05) is 25.1 Å². The number of aromatic amines is 1. The first-order valence-electron chi connectivity index (χ1n) is 8.92. The molecule has 0 unspecified atom stereocenters. The molecule has 0 atom stereocenters. The molecular formula is C20H21FN6O2. The summed E-state index contributed by atoms with van der Waals surface area (Å²) in [6.45, 7) is 3.30. The predicted molar refractivity (Wildman–Crippen MR) is 108 cm³/mol. The molecule has 0 bridgehead atoms. The summed E-state index contributed by atoms with van der Waals surface area (Å²) in [5.41, 5.74) is 8.57. The minimum absolute atomic E-state index is 0.0252. The van der Waals surface area contributed by atoms with Crippen LogP contribution in [-0.4, -0.2) is 32.2 Å². The Kier molecular flexibility index (Phi) is 5.99. The zero-order chi connectivity index (χ0) is 21.0. The molecule has 0 aliphatic heterocycles. The van der Waals surface area contributed by atoms with E-state index in [1.165, 1.54) is 11.5 Å². The molecule has 0 spiro atoms. The van der Waals surface area contributed by atoms with E-state index in [2.05, 4.69) is 20.5 Å². The summed E-state index contributed by atoms with van der Waals surface area (Å²) in [6, 6.07) is 9.24. The highest BCUT2D eigenvalue weighted by Gasteiger charge is 2.15. The molecule has 29 heavy (non-hydrogen) atoms. The Hall–Kier alpha value is -3.59. The van der Waals surface area contributed by atoms with E-state index in [-0.39, 0.29) is 18.9 Å². The molecular weight excluding hydrogens is 375 g/mol. The minimum atomic E-state index is -0.460. The SMILES string of the molecule is CC(=O)Nc1ccc(-c2cnc(-n3c(C/C(=C\F)CN)n[nH]c3=O)c(C)c2)cc1. The molecule has 4 N–H and O–H groups in total. The molecule has 1 amide bonds. The van der Waals surface area contributed by atoms with Crippen LogP contribution in [0, 0.1) is 6.92 Å². The van der Waals surface area contributed by atoms with Gasteiger partial charge in [0.25, 0.3) is 0 Å². The van der Waals surface area contributed by atoms with Gasteiger partial charge in [0.1, 0.15) is 11.6 Å². The van der Waals surface area contributed by atoms with Gasteiger partial charge in [-0.05, 0) is 41.8 Å². The van der Waals surface area contributed by atoms with Crippen molar-refractivity contribution in [2.45, 2.75) is 20.3 Å². The fourth-order valence-electron chi connectivity index (χ4n) is 2.93. The number of carbonyl (C=O) groups is 1. The Morgan fingerprint density at radius 1 is 1.31 bits per heavy atom. The van der Waals surface area contributed by atoms with E-state index >= 15 is 0 Å². The lowest BCUT2D eigenvalue weighted by atomic mass is 10.1. The van der Waals surface area contributed by atoms with Gasteiger partial charge in [-0.15, -0.1) is 0 Å². The molecule has 3 rings (SSSR count). The van der Waals surface area contributed by atoms with Gasteiger partial charge in [-0.3, -0.25) is 4.79 Å². The van der Waals surface area contributed by atoms with Crippen LogP contribution < -0.4 is 16.7 Å². The topological polar surface area (TPSA) is 119 Å². The molecule has 0 saturated heterocycles. The summed E-state index contributed by atoms with van der Waals surface area (Å²) in [5.74, 6) is 0.598. The van der Waals surface area contributed by atoms with Crippen molar-refractivity contribution in [3.05, 3.63) is 70.3 Å². The molecule has 9 heteroatoms. The van der Waals surface area contributed by atoms with Crippen molar-refractivity contribution >= 4 is 11.6 Å². The van der Waals surface area contributed by atoms with Crippen LogP contribution in [-0.2, 0) is 11.2 Å².